The van der Waals surface area contributed by atoms with Crippen LogP contribution in [0.2, 0.25) is 0 Å². The average molecular weight is 223 g/mol. The van der Waals surface area contributed by atoms with Crippen LogP contribution in [0.3, 0.4) is 0 Å². The largest absolute Gasteiger partial charge is 0.323 e. The van der Waals surface area contributed by atoms with Crippen molar-refractivity contribution in [1.82, 2.24) is 0 Å². The number of thiophene rings is 2. The van der Waals surface area contributed by atoms with Crippen molar-refractivity contribution in [1.29, 1.82) is 0 Å². The molecule has 3 heteroatoms. The van der Waals surface area contributed by atoms with E-state index in [0.29, 0.717) is 0 Å². The van der Waals surface area contributed by atoms with Gasteiger partial charge in [0.25, 0.3) is 0 Å². The van der Waals surface area contributed by atoms with E-state index in [-0.39, 0.29) is 6.04 Å². The smallest absolute Gasteiger partial charge is 0.0454 e. The van der Waals surface area contributed by atoms with Crippen LogP contribution in [0.5, 0.6) is 0 Å². The fourth-order valence-corrected chi connectivity index (χ4v) is 3.56. The highest BCUT2D eigenvalue weighted by Gasteiger charge is 2.10. The Bertz CT molecular complexity index is 424. The van der Waals surface area contributed by atoms with E-state index in [9.17, 15) is 0 Å². The molecule has 0 aromatic carbocycles. The van der Waals surface area contributed by atoms with E-state index in [2.05, 4.69) is 24.1 Å². The molecule has 2 rings (SSSR count). The van der Waals surface area contributed by atoms with Gasteiger partial charge in [0.15, 0.2) is 0 Å². The van der Waals surface area contributed by atoms with Gasteiger partial charge in [0, 0.05) is 20.3 Å². The lowest BCUT2D eigenvalue weighted by molar-refractivity contribution is 0.732. The van der Waals surface area contributed by atoms with Crippen molar-refractivity contribution >= 4 is 32.1 Å². The maximum atomic E-state index is 6.07. The Kier molecular flexibility index (Phi) is 2.72. The molecule has 2 heterocycles. The molecule has 0 bridgehead atoms. The summed E-state index contributed by atoms with van der Waals surface area (Å²) in [6.45, 7) is 5.91. The summed E-state index contributed by atoms with van der Waals surface area (Å²) in [7, 11) is 0. The maximum absolute atomic E-state index is 6.07. The SMILES string of the molecule is C=C(C)CC(N)c1cc2sccc2s1. The molecule has 0 saturated carbocycles. The highest BCUT2D eigenvalue weighted by Crippen LogP contribution is 2.34. The second-order valence-electron chi connectivity index (χ2n) is 3.57. The molecular weight excluding hydrogens is 210 g/mol. The summed E-state index contributed by atoms with van der Waals surface area (Å²) in [5, 5.41) is 2.12. The first-order valence-corrected chi connectivity index (χ1v) is 6.23. The van der Waals surface area contributed by atoms with Crippen LogP contribution in [0.25, 0.3) is 9.40 Å². The minimum absolute atomic E-state index is 0.122. The topological polar surface area (TPSA) is 26.0 Å². The highest BCUT2D eigenvalue weighted by molar-refractivity contribution is 7.26. The predicted octanol–water partition coefficient (Wildman–Crippen LogP) is 3.93. The highest BCUT2D eigenvalue weighted by atomic mass is 32.1. The Hall–Kier alpha value is -0.640. The molecule has 0 radical (unpaired) electrons. The minimum Gasteiger partial charge on any atom is -0.323 e. The van der Waals surface area contributed by atoms with Crippen LogP contribution in [-0.4, -0.2) is 0 Å². The summed E-state index contributed by atoms with van der Waals surface area (Å²) in [6.07, 6.45) is 0.883. The van der Waals surface area contributed by atoms with Gasteiger partial charge in [0.05, 0.1) is 0 Å². The third kappa shape index (κ3) is 1.90. The molecule has 0 aliphatic heterocycles. The normalized spacial score (nSPS) is 13.3. The fraction of sp³-hybridized carbons (Fsp3) is 0.273. The van der Waals surface area contributed by atoms with Crippen LogP contribution >= 0.6 is 22.7 Å². The number of hydrogen-bond acceptors (Lipinski definition) is 3. The van der Waals surface area contributed by atoms with Crippen LogP contribution in [0.1, 0.15) is 24.3 Å². The van der Waals surface area contributed by atoms with Crippen LogP contribution in [-0.2, 0) is 0 Å². The van der Waals surface area contributed by atoms with Crippen LogP contribution in [0.15, 0.2) is 29.7 Å². The Balaban J connectivity index is 2.25. The van der Waals surface area contributed by atoms with Gasteiger partial charge >= 0.3 is 0 Å². The van der Waals surface area contributed by atoms with Crippen LogP contribution < -0.4 is 5.73 Å². The Morgan fingerprint density at radius 3 is 3.00 bits per heavy atom. The maximum Gasteiger partial charge on any atom is 0.0454 e. The molecule has 0 amide bonds. The summed E-state index contributed by atoms with van der Waals surface area (Å²) < 4.78 is 2.70. The third-order valence-corrected chi connectivity index (χ3v) is 4.32. The zero-order valence-corrected chi connectivity index (χ0v) is 9.75. The summed E-state index contributed by atoms with van der Waals surface area (Å²) in [5.41, 5.74) is 7.22. The molecule has 0 aliphatic rings. The predicted molar refractivity (Wildman–Crippen MR) is 66.1 cm³/mol. The second-order valence-corrected chi connectivity index (χ2v) is 5.63. The fourth-order valence-electron chi connectivity index (χ4n) is 1.44. The molecule has 1 atom stereocenters. The first kappa shape index (κ1) is 9.90. The zero-order chi connectivity index (χ0) is 10.1. The van der Waals surface area contributed by atoms with Crippen molar-refractivity contribution in [2.24, 2.45) is 5.73 Å². The van der Waals surface area contributed by atoms with Crippen molar-refractivity contribution in [3.63, 3.8) is 0 Å². The van der Waals surface area contributed by atoms with E-state index in [1.807, 2.05) is 6.92 Å². The van der Waals surface area contributed by atoms with Crippen molar-refractivity contribution in [2.75, 3.05) is 0 Å². The van der Waals surface area contributed by atoms with Gasteiger partial charge < -0.3 is 5.73 Å². The van der Waals surface area contributed by atoms with Crippen molar-refractivity contribution < 1.29 is 0 Å². The van der Waals surface area contributed by atoms with E-state index >= 15 is 0 Å². The molecule has 1 nitrogen and oxygen atoms in total. The molecule has 0 spiro atoms. The number of nitrogens with two attached hydrogens (primary N) is 1. The van der Waals surface area contributed by atoms with Gasteiger partial charge in [-0.05, 0) is 30.9 Å². The molecular formula is C11H13NS2. The summed E-state index contributed by atoms with van der Waals surface area (Å²) >= 11 is 3.58. The zero-order valence-electron chi connectivity index (χ0n) is 8.12. The molecule has 2 aromatic rings. The Morgan fingerprint density at radius 2 is 2.36 bits per heavy atom. The van der Waals surface area contributed by atoms with Gasteiger partial charge in [-0.15, -0.1) is 29.3 Å². The lowest BCUT2D eigenvalue weighted by Crippen LogP contribution is -2.08. The second kappa shape index (κ2) is 3.85. The molecule has 74 valence electrons. The van der Waals surface area contributed by atoms with E-state index in [1.165, 1.54) is 14.3 Å². The van der Waals surface area contributed by atoms with E-state index < -0.39 is 0 Å². The van der Waals surface area contributed by atoms with E-state index in [4.69, 9.17) is 5.73 Å². The van der Waals surface area contributed by atoms with Gasteiger partial charge in [-0.1, -0.05) is 5.57 Å². The monoisotopic (exact) mass is 223 g/mol. The molecule has 2 N–H and O–H groups in total. The van der Waals surface area contributed by atoms with Crippen LogP contribution in [0.4, 0.5) is 0 Å². The van der Waals surface area contributed by atoms with Crippen LogP contribution in [0, 0.1) is 0 Å². The quantitative estimate of drug-likeness (QED) is 0.784. The Labute approximate surface area is 91.9 Å². The molecule has 1 unspecified atom stereocenters. The molecule has 0 aliphatic carbocycles. The minimum atomic E-state index is 0.122. The standard InChI is InChI=1S/C11H13NS2/c1-7(2)5-8(12)10-6-11-9(14-10)3-4-13-11/h3-4,6,8H,1,5,12H2,2H3. The molecule has 0 saturated heterocycles. The van der Waals surface area contributed by atoms with Crippen molar-refractivity contribution in [3.05, 3.63) is 34.5 Å². The van der Waals surface area contributed by atoms with Gasteiger partial charge in [-0.2, -0.15) is 0 Å². The molecule has 2 aromatic heterocycles. The van der Waals surface area contributed by atoms with Gasteiger partial charge in [0.1, 0.15) is 0 Å². The lowest BCUT2D eigenvalue weighted by Gasteiger charge is -2.07. The number of rotatable bonds is 3. The first-order chi connectivity index (χ1) is 6.66. The van der Waals surface area contributed by atoms with Crippen molar-refractivity contribution in [3.8, 4) is 0 Å². The summed E-state index contributed by atoms with van der Waals surface area (Å²) in [5.74, 6) is 0. The number of fused-ring (bicyclic) bond motifs is 1. The Morgan fingerprint density at radius 1 is 1.57 bits per heavy atom. The molecule has 0 fully saturated rings. The summed E-state index contributed by atoms with van der Waals surface area (Å²) in [4.78, 5) is 1.27. The molecule has 14 heavy (non-hydrogen) atoms. The lowest BCUT2D eigenvalue weighted by atomic mass is 10.1. The van der Waals surface area contributed by atoms with E-state index in [1.54, 1.807) is 22.7 Å². The van der Waals surface area contributed by atoms with Gasteiger partial charge in [0.2, 0.25) is 0 Å². The van der Waals surface area contributed by atoms with E-state index in [0.717, 1.165) is 12.0 Å². The van der Waals surface area contributed by atoms with Gasteiger partial charge in [-0.3, -0.25) is 0 Å². The first-order valence-electron chi connectivity index (χ1n) is 4.53. The number of hydrogen-bond donors (Lipinski definition) is 1. The summed E-state index contributed by atoms with van der Waals surface area (Å²) in [6, 6.07) is 4.48. The average Bonchev–Trinajstić information content (AvgIpc) is 2.58. The van der Waals surface area contributed by atoms with Gasteiger partial charge in [-0.25, -0.2) is 0 Å². The van der Waals surface area contributed by atoms with Crippen molar-refractivity contribution in [2.45, 2.75) is 19.4 Å². The third-order valence-electron chi connectivity index (χ3n) is 2.09.